The number of aryl methyl sites for hydroxylation is 2. The average Bonchev–Trinajstić information content (AvgIpc) is 2.61. The summed E-state index contributed by atoms with van der Waals surface area (Å²) in [5.41, 5.74) is 2.83. The average molecular weight is 335 g/mol. The van der Waals surface area contributed by atoms with E-state index < -0.39 is 0 Å². The van der Waals surface area contributed by atoms with Gasteiger partial charge in [0.25, 0.3) is 0 Å². The normalized spacial score (nSPS) is 20.3. The second kappa shape index (κ2) is 8.11. The molecule has 1 aliphatic carbocycles. The number of nitrogens with one attached hydrogen (secondary N) is 1. The maximum atomic E-state index is 12.5. The molecule has 0 aliphatic heterocycles. The van der Waals surface area contributed by atoms with Crippen LogP contribution in [0.2, 0.25) is 0 Å². The largest absolute Gasteiger partial charge is 0.426 e. The van der Waals surface area contributed by atoms with E-state index >= 15 is 0 Å². The van der Waals surface area contributed by atoms with Crippen molar-refractivity contribution in [1.82, 2.24) is 0 Å². The van der Waals surface area contributed by atoms with Gasteiger partial charge < -0.3 is 10.1 Å². The molecule has 0 aromatic heterocycles. The van der Waals surface area contributed by atoms with Crippen molar-refractivity contribution in [3.8, 4) is 5.75 Å². The van der Waals surface area contributed by atoms with Gasteiger partial charge in [0.1, 0.15) is 5.75 Å². The van der Waals surface area contributed by atoms with Crippen LogP contribution in [0.1, 0.15) is 37.3 Å². The number of esters is 1. The van der Waals surface area contributed by atoms with Gasteiger partial charge in [-0.1, -0.05) is 55.5 Å². The summed E-state index contributed by atoms with van der Waals surface area (Å²) in [5.74, 6) is 0.479. The standard InChI is InChI=1S/C22H25NO2/c1-16-11-14-19(20(23)15-16)22(24)25-21-10-6-5-9-18(21)13-12-17-7-3-2-4-8-17/h2-10,16,19,23H,11-15H2,1H3. The van der Waals surface area contributed by atoms with Crippen molar-refractivity contribution >= 4 is 11.7 Å². The van der Waals surface area contributed by atoms with Crippen molar-refractivity contribution < 1.29 is 9.53 Å². The monoisotopic (exact) mass is 335 g/mol. The zero-order valence-corrected chi connectivity index (χ0v) is 14.7. The summed E-state index contributed by atoms with van der Waals surface area (Å²) < 4.78 is 5.70. The Labute approximate surface area is 149 Å². The first-order chi connectivity index (χ1) is 12.1. The SMILES string of the molecule is CC1CCC(C(=O)Oc2ccccc2CCc2ccccc2)C(=N)C1. The minimum atomic E-state index is -0.377. The number of hydrogen-bond donors (Lipinski definition) is 1. The van der Waals surface area contributed by atoms with Crippen LogP contribution in [0.15, 0.2) is 54.6 Å². The fraction of sp³-hybridized carbons (Fsp3) is 0.364. The summed E-state index contributed by atoms with van der Waals surface area (Å²) in [5, 5.41) is 8.12. The predicted octanol–water partition coefficient (Wildman–Crippen LogP) is 4.83. The molecule has 3 nitrogen and oxygen atoms in total. The van der Waals surface area contributed by atoms with E-state index in [9.17, 15) is 4.79 Å². The molecule has 0 amide bonds. The molecule has 3 rings (SSSR count). The molecule has 1 aliphatic rings. The van der Waals surface area contributed by atoms with E-state index in [-0.39, 0.29) is 11.9 Å². The second-order valence-electron chi connectivity index (χ2n) is 6.98. The molecule has 1 N–H and O–H groups in total. The van der Waals surface area contributed by atoms with Gasteiger partial charge in [-0.05, 0) is 55.2 Å². The summed E-state index contributed by atoms with van der Waals surface area (Å²) in [6.45, 7) is 2.13. The number of rotatable bonds is 5. The van der Waals surface area contributed by atoms with Crippen LogP contribution in [0.4, 0.5) is 0 Å². The van der Waals surface area contributed by atoms with Crippen LogP contribution in [-0.4, -0.2) is 11.7 Å². The zero-order valence-electron chi connectivity index (χ0n) is 14.7. The lowest BCUT2D eigenvalue weighted by molar-refractivity contribution is -0.137. The van der Waals surface area contributed by atoms with E-state index in [1.165, 1.54) is 5.56 Å². The number of carbonyl (C=O) groups is 1. The predicted molar refractivity (Wildman–Crippen MR) is 100 cm³/mol. The van der Waals surface area contributed by atoms with E-state index in [2.05, 4.69) is 19.1 Å². The Morgan fingerprint density at radius 3 is 2.52 bits per heavy atom. The lowest BCUT2D eigenvalue weighted by atomic mass is 9.81. The van der Waals surface area contributed by atoms with Crippen LogP contribution in [0.5, 0.6) is 5.75 Å². The van der Waals surface area contributed by atoms with Crippen LogP contribution in [0, 0.1) is 17.2 Å². The Morgan fingerprint density at radius 2 is 1.76 bits per heavy atom. The maximum absolute atomic E-state index is 12.5. The van der Waals surface area contributed by atoms with Crippen molar-refractivity contribution in [3.05, 3.63) is 65.7 Å². The number of para-hydroxylation sites is 1. The molecule has 0 bridgehead atoms. The fourth-order valence-electron chi connectivity index (χ4n) is 3.42. The van der Waals surface area contributed by atoms with Gasteiger partial charge in [-0.25, -0.2) is 0 Å². The van der Waals surface area contributed by atoms with Crippen molar-refractivity contribution in [2.45, 2.75) is 39.0 Å². The van der Waals surface area contributed by atoms with E-state index in [1.54, 1.807) is 0 Å². The topological polar surface area (TPSA) is 50.2 Å². The lowest BCUT2D eigenvalue weighted by Gasteiger charge is -2.26. The van der Waals surface area contributed by atoms with Crippen molar-refractivity contribution in [2.24, 2.45) is 11.8 Å². The Hall–Kier alpha value is -2.42. The van der Waals surface area contributed by atoms with E-state index in [0.29, 0.717) is 23.8 Å². The molecule has 2 aromatic carbocycles. The Balaban J connectivity index is 1.66. The molecule has 2 unspecified atom stereocenters. The highest BCUT2D eigenvalue weighted by Crippen LogP contribution is 2.28. The highest BCUT2D eigenvalue weighted by molar-refractivity contribution is 6.01. The molecule has 1 fully saturated rings. The van der Waals surface area contributed by atoms with Gasteiger partial charge in [0.2, 0.25) is 0 Å². The molecule has 0 radical (unpaired) electrons. The van der Waals surface area contributed by atoms with Crippen molar-refractivity contribution in [1.29, 1.82) is 5.41 Å². The van der Waals surface area contributed by atoms with E-state index in [0.717, 1.165) is 31.2 Å². The van der Waals surface area contributed by atoms with Gasteiger partial charge in [0.05, 0.1) is 5.92 Å². The summed E-state index contributed by atoms with van der Waals surface area (Å²) >= 11 is 0. The van der Waals surface area contributed by atoms with Gasteiger partial charge in [-0.3, -0.25) is 4.79 Å². The van der Waals surface area contributed by atoms with Crippen LogP contribution < -0.4 is 4.74 Å². The molecule has 3 heteroatoms. The molecule has 0 saturated heterocycles. The third kappa shape index (κ3) is 4.56. The van der Waals surface area contributed by atoms with Gasteiger partial charge >= 0.3 is 5.97 Å². The fourth-order valence-corrected chi connectivity index (χ4v) is 3.42. The summed E-state index contributed by atoms with van der Waals surface area (Å²) in [6.07, 6.45) is 4.15. The van der Waals surface area contributed by atoms with Gasteiger partial charge in [0.15, 0.2) is 0 Å². The van der Waals surface area contributed by atoms with Gasteiger partial charge in [-0.15, -0.1) is 0 Å². The smallest absolute Gasteiger partial charge is 0.320 e. The highest BCUT2D eigenvalue weighted by Gasteiger charge is 2.30. The molecule has 2 aromatic rings. The molecule has 1 saturated carbocycles. The highest BCUT2D eigenvalue weighted by atomic mass is 16.5. The molecule has 130 valence electrons. The molecule has 25 heavy (non-hydrogen) atoms. The minimum absolute atomic E-state index is 0.274. The van der Waals surface area contributed by atoms with Gasteiger partial charge in [0, 0.05) is 5.71 Å². The first-order valence-electron chi connectivity index (χ1n) is 9.04. The van der Waals surface area contributed by atoms with E-state index in [4.69, 9.17) is 10.1 Å². The van der Waals surface area contributed by atoms with Crippen LogP contribution >= 0.6 is 0 Å². The molecule has 0 heterocycles. The lowest BCUT2D eigenvalue weighted by Crippen LogP contribution is -2.32. The quantitative estimate of drug-likeness (QED) is 0.628. The summed E-state index contributed by atoms with van der Waals surface area (Å²) in [6, 6.07) is 18.0. The zero-order chi connectivity index (χ0) is 17.6. The van der Waals surface area contributed by atoms with Crippen molar-refractivity contribution in [2.75, 3.05) is 0 Å². The molecule has 2 atom stereocenters. The Kier molecular flexibility index (Phi) is 5.64. The maximum Gasteiger partial charge on any atom is 0.320 e. The summed E-state index contributed by atoms with van der Waals surface area (Å²) in [4.78, 5) is 12.5. The molecule has 0 spiro atoms. The number of hydrogen-bond acceptors (Lipinski definition) is 3. The first-order valence-corrected chi connectivity index (χ1v) is 9.04. The molecular formula is C22H25NO2. The van der Waals surface area contributed by atoms with Crippen LogP contribution in [-0.2, 0) is 17.6 Å². The Morgan fingerprint density at radius 1 is 1.04 bits per heavy atom. The van der Waals surface area contributed by atoms with Gasteiger partial charge in [-0.2, -0.15) is 0 Å². The number of carbonyl (C=O) groups excluding carboxylic acids is 1. The van der Waals surface area contributed by atoms with Crippen molar-refractivity contribution in [3.63, 3.8) is 0 Å². The Bertz CT molecular complexity index is 739. The molecular weight excluding hydrogens is 310 g/mol. The number of benzene rings is 2. The van der Waals surface area contributed by atoms with E-state index in [1.807, 2.05) is 42.5 Å². The second-order valence-corrected chi connectivity index (χ2v) is 6.98. The third-order valence-electron chi connectivity index (χ3n) is 4.93. The van der Waals surface area contributed by atoms with Crippen LogP contribution in [0.25, 0.3) is 0 Å². The number of ether oxygens (including phenoxy) is 1. The minimum Gasteiger partial charge on any atom is -0.426 e. The summed E-state index contributed by atoms with van der Waals surface area (Å²) in [7, 11) is 0. The third-order valence-corrected chi connectivity index (χ3v) is 4.93. The first kappa shape index (κ1) is 17.4. The van der Waals surface area contributed by atoms with Crippen LogP contribution in [0.3, 0.4) is 0 Å².